The van der Waals surface area contributed by atoms with Gasteiger partial charge in [-0.15, -0.1) is 4.40 Å². The average Bonchev–Trinajstić information content (AvgIpc) is 2.70. The maximum atomic E-state index is 12.9. The van der Waals surface area contributed by atoms with Gasteiger partial charge in [0.25, 0.3) is 10.0 Å². The minimum absolute atomic E-state index is 0.0995. The first-order valence-electron chi connectivity index (χ1n) is 8.92. The van der Waals surface area contributed by atoms with E-state index in [0.29, 0.717) is 27.4 Å². The van der Waals surface area contributed by atoms with Crippen LogP contribution < -0.4 is 5.32 Å². The third-order valence-electron chi connectivity index (χ3n) is 4.49. The van der Waals surface area contributed by atoms with Crippen LogP contribution in [0.2, 0.25) is 5.02 Å². The summed E-state index contributed by atoms with van der Waals surface area (Å²) in [6.45, 7) is 5.32. The summed E-state index contributed by atoms with van der Waals surface area (Å²) in [5.41, 5.74) is 3.12. The lowest BCUT2D eigenvalue weighted by molar-refractivity contribution is 0.467. The van der Waals surface area contributed by atoms with Gasteiger partial charge in [0.2, 0.25) is 0 Å². The summed E-state index contributed by atoms with van der Waals surface area (Å²) in [5.74, 6) is 0.239. The number of halogens is 1. The lowest BCUT2D eigenvalue weighted by Gasteiger charge is -2.15. The first-order chi connectivity index (χ1) is 13.7. The van der Waals surface area contributed by atoms with Gasteiger partial charge < -0.3 is 10.4 Å². The zero-order valence-corrected chi connectivity index (χ0v) is 17.8. The van der Waals surface area contributed by atoms with Crippen LogP contribution in [0.25, 0.3) is 0 Å². The number of aromatic hydroxyl groups is 1. The Balaban J connectivity index is 2.12. The van der Waals surface area contributed by atoms with Crippen LogP contribution in [0.15, 0.2) is 70.0 Å². The van der Waals surface area contributed by atoms with Crippen molar-refractivity contribution in [2.24, 2.45) is 4.40 Å². The molecule has 0 saturated heterocycles. The van der Waals surface area contributed by atoms with Gasteiger partial charge in [0.05, 0.1) is 15.6 Å². The Bertz CT molecular complexity index is 1170. The molecule has 2 N–H and O–H groups in total. The maximum Gasteiger partial charge on any atom is 0.284 e. The summed E-state index contributed by atoms with van der Waals surface area (Å²) >= 11 is 6.38. The zero-order chi connectivity index (χ0) is 21.2. The summed E-state index contributed by atoms with van der Waals surface area (Å²) in [4.78, 5) is 0.0995. The van der Waals surface area contributed by atoms with E-state index in [2.05, 4.69) is 9.71 Å². The van der Waals surface area contributed by atoms with E-state index >= 15 is 0 Å². The monoisotopic (exact) mass is 428 g/mol. The Labute approximate surface area is 175 Å². The number of hydrogen-bond donors (Lipinski definition) is 2. The molecule has 29 heavy (non-hydrogen) atoms. The molecule has 0 atom stereocenters. The van der Waals surface area contributed by atoms with Crippen LogP contribution >= 0.6 is 11.6 Å². The van der Waals surface area contributed by atoms with E-state index in [-0.39, 0.29) is 16.5 Å². The second-order valence-electron chi connectivity index (χ2n) is 6.75. The number of anilines is 1. The molecule has 150 valence electrons. The van der Waals surface area contributed by atoms with Crippen molar-refractivity contribution in [1.82, 2.24) is 0 Å². The van der Waals surface area contributed by atoms with Crippen LogP contribution in [0.1, 0.15) is 22.3 Å². The fraction of sp³-hybridized carbons (Fsp3) is 0.136. The summed E-state index contributed by atoms with van der Waals surface area (Å²) in [5, 5.41) is 13.4. The molecule has 0 aliphatic rings. The van der Waals surface area contributed by atoms with Gasteiger partial charge in [0.15, 0.2) is 5.84 Å². The number of sulfonamides is 1. The highest BCUT2D eigenvalue weighted by molar-refractivity contribution is 7.90. The lowest BCUT2D eigenvalue weighted by atomic mass is 10.1. The number of rotatable bonds is 4. The molecule has 0 saturated carbocycles. The topological polar surface area (TPSA) is 78.8 Å². The number of nitrogens with zero attached hydrogens (tertiary/aromatic N) is 1. The third-order valence-corrected chi connectivity index (χ3v) is 6.26. The van der Waals surface area contributed by atoms with Gasteiger partial charge in [-0.3, -0.25) is 0 Å². The van der Waals surface area contributed by atoms with Crippen LogP contribution in [0.5, 0.6) is 5.75 Å². The molecule has 0 heterocycles. The predicted octanol–water partition coefficient (Wildman–Crippen LogP) is 5.22. The van der Waals surface area contributed by atoms with E-state index in [1.54, 1.807) is 56.3 Å². The molecule has 7 heteroatoms. The maximum absolute atomic E-state index is 12.9. The molecule has 3 aromatic rings. The summed E-state index contributed by atoms with van der Waals surface area (Å²) in [7, 11) is -3.95. The smallest absolute Gasteiger partial charge is 0.284 e. The van der Waals surface area contributed by atoms with Crippen molar-refractivity contribution in [3.05, 3.63) is 87.9 Å². The summed E-state index contributed by atoms with van der Waals surface area (Å²) in [6.07, 6.45) is 0. The largest absolute Gasteiger partial charge is 0.507 e. The van der Waals surface area contributed by atoms with Gasteiger partial charge in [0.1, 0.15) is 5.75 Å². The molecule has 3 aromatic carbocycles. The van der Waals surface area contributed by atoms with Crippen molar-refractivity contribution in [2.45, 2.75) is 25.7 Å². The molecule has 5 nitrogen and oxygen atoms in total. The first-order valence-corrected chi connectivity index (χ1v) is 10.7. The predicted molar refractivity (Wildman–Crippen MR) is 118 cm³/mol. The Morgan fingerprint density at radius 2 is 1.62 bits per heavy atom. The second-order valence-corrected chi connectivity index (χ2v) is 8.73. The van der Waals surface area contributed by atoms with Crippen molar-refractivity contribution in [2.75, 3.05) is 5.32 Å². The van der Waals surface area contributed by atoms with Gasteiger partial charge in [-0.1, -0.05) is 59.6 Å². The molecule has 0 spiro atoms. The SMILES string of the molecule is Cc1ccc(S(=O)(=O)N=C(Nc2cc(C)c(O)c(C)c2Cl)c2ccccc2)cc1. The Hall–Kier alpha value is -2.83. The summed E-state index contributed by atoms with van der Waals surface area (Å²) < 4.78 is 29.8. The normalized spacial score (nSPS) is 12.1. The molecule has 0 bridgehead atoms. The third kappa shape index (κ3) is 4.60. The number of phenolic OH excluding ortho intramolecular Hbond substituents is 1. The number of aryl methyl sites for hydroxylation is 2. The van der Waals surface area contributed by atoms with E-state index in [1.807, 2.05) is 13.0 Å². The average molecular weight is 429 g/mol. The quantitative estimate of drug-likeness (QED) is 0.339. The first kappa shape index (κ1) is 20.9. The standard InChI is InChI=1S/C22H21ClN2O3S/c1-14-9-11-18(12-10-14)29(27,28)25-22(17-7-5-4-6-8-17)24-19-13-15(2)21(26)16(3)20(19)23/h4-13,26H,1-3H3,(H,24,25). The molecule has 0 amide bonds. The van der Waals surface area contributed by atoms with Gasteiger partial charge >= 0.3 is 0 Å². The van der Waals surface area contributed by atoms with Crippen LogP contribution in [0, 0.1) is 20.8 Å². The van der Waals surface area contributed by atoms with Gasteiger partial charge in [-0.2, -0.15) is 8.42 Å². The molecule has 0 aliphatic heterocycles. The van der Waals surface area contributed by atoms with Crippen molar-refractivity contribution >= 4 is 33.1 Å². The van der Waals surface area contributed by atoms with Gasteiger partial charge in [0, 0.05) is 11.1 Å². The van der Waals surface area contributed by atoms with Crippen LogP contribution in [-0.4, -0.2) is 19.4 Å². The van der Waals surface area contributed by atoms with Crippen LogP contribution in [-0.2, 0) is 10.0 Å². The van der Waals surface area contributed by atoms with E-state index in [9.17, 15) is 13.5 Å². The number of hydrogen-bond acceptors (Lipinski definition) is 3. The lowest BCUT2D eigenvalue weighted by Crippen LogP contribution is -2.17. The van der Waals surface area contributed by atoms with E-state index < -0.39 is 10.0 Å². The molecular weight excluding hydrogens is 408 g/mol. The minimum atomic E-state index is -3.95. The number of amidine groups is 1. The van der Waals surface area contributed by atoms with E-state index in [1.165, 1.54) is 12.1 Å². The highest BCUT2D eigenvalue weighted by Gasteiger charge is 2.18. The number of nitrogens with one attached hydrogen (secondary N) is 1. The zero-order valence-electron chi connectivity index (χ0n) is 16.3. The Kier molecular flexibility index (Phi) is 5.96. The van der Waals surface area contributed by atoms with Gasteiger partial charge in [-0.05, 0) is 44.5 Å². The fourth-order valence-electron chi connectivity index (χ4n) is 2.80. The van der Waals surface area contributed by atoms with Crippen molar-refractivity contribution in [1.29, 1.82) is 0 Å². The molecule has 0 unspecified atom stereocenters. The molecule has 0 fully saturated rings. The van der Waals surface area contributed by atoms with Crippen LogP contribution in [0.4, 0.5) is 5.69 Å². The van der Waals surface area contributed by atoms with Crippen molar-refractivity contribution in [3.63, 3.8) is 0 Å². The summed E-state index contributed by atoms with van der Waals surface area (Å²) in [6, 6.07) is 17.1. The molecule has 0 radical (unpaired) electrons. The van der Waals surface area contributed by atoms with Crippen molar-refractivity contribution < 1.29 is 13.5 Å². The number of benzene rings is 3. The highest BCUT2D eigenvalue weighted by atomic mass is 35.5. The highest BCUT2D eigenvalue weighted by Crippen LogP contribution is 2.35. The Morgan fingerprint density at radius 3 is 2.24 bits per heavy atom. The van der Waals surface area contributed by atoms with E-state index in [0.717, 1.165) is 5.56 Å². The minimum Gasteiger partial charge on any atom is -0.507 e. The molecule has 0 aliphatic carbocycles. The fourth-order valence-corrected chi connectivity index (χ4v) is 3.96. The van der Waals surface area contributed by atoms with Crippen molar-refractivity contribution in [3.8, 4) is 5.75 Å². The molecule has 0 aromatic heterocycles. The molecule has 3 rings (SSSR count). The molecular formula is C22H21ClN2O3S. The number of phenols is 1. The Morgan fingerprint density at radius 1 is 1.00 bits per heavy atom. The van der Waals surface area contributed by atoms with E-state index in [4.69, 9.17) is 11.6 Å². The second kappa shape index (κ2) is 8.27. The van der Waals surface area contributed by atoms with Crippen LogP contribution in [0.3, 0.4) is 0 Å². The van der Waals surface area contributed by atoms with Gasteiger partial charge in [-0.25, -0.2) is 0 Å².